The van der Waals surface area contributed by atoms with Gasteiger partial charge in [-0.25, -0.2) is 0 Å². The van der Waals surface area contributed by atoms with Crippen LogP contribution in [-0.4, -0.2) is 71.1 Å². The molecular weight excluding hydrogens is 913 g/mol. The van der Waals surface area contributed by atoms with Crippen molar-refractivity contribution in [2.75, 3.05) is 21.7 Å². The standard InChI is InChI=1S/C54H48N4O13/c1-27-3-13-33(14-4-27)69-34-15-7-30(8-16-34)56-47(61)38-22-6-29(24-40(38)48(56)62)54(68)71-36-19-11-32(12-20-36)58-51(65)43-25-41-42(26-44(43)52(58)66)50(64)57(49(41)63)31-9-17-35(18-10-31)70-53(67)28-5-21-37-39(23-28)46(60)55(2)45(37)59/h3-4,7-20,28-29,37-44H,5-6,21-26H2,1-2H3. The summed E-state index contributed by atoms with van der Waals surface area (Å²) in [6.07, 6.45) is 1.86. The number of carbonyl (C=O) groups excluding carboxylic acids is 10. The highest BCUT2D eigenvalue weighted by Crippen LogP contribution is 2.50. The number of carbonyl (C=O) groups is 10. The average Bonchev–Trinajstić information content (AvgIpc) is 3.96. The van der Waals surface area contributed by atoms with Crippen molar-refractivity contribution in [2.24, 2.45) is 59.2 Å². The molecule has 0 aromatic heterocycles. The van der Waals surface area contributed by atoms with Crippen molar-refractivity contribution in [1.29, 1.82) is 0 Å². The number of hydrogen-bond acceptors (Lipinski definition) is 13. The van der Waals surface area contributed by atoms with Gasteiger partial charge in [0, 0.05) is 7.05 Å². The first-order valence-electron chi connectivity index (χ1n) is 24.1. The summed E-state index contributed by atoms with van der Waals surface area (Å²) in [5.74, 6) is -9.44. The van der Waals surface area contributed by atoms with Crippen molar-refractivity contribution in [1.82, 2.24) is 4.90 Å². The van der Waals surface area contributed by atoms with E-state index in [1.807, 2.05) is 31.2 Å². The second-order valence-corrected chi connectivity index (χ2v) is 19.9. The van der Waals surface area contributed by atoms with Crippen LogP contribution in [0.1, 0.15) is 56.9 Å². The molecule has 7 fully saturated rings. The lowest BCUT2D eigenvalue weighted by Crippen LogP contribution is -2.35. The lowest BCUT2D eigenvalue weighted by atomic mass is 9.70. The first-order chi connectivity index (χ1) is 34.1. The van der Waals surface area contributed by atoms with Gasteiger partial charge in [0.05, 0.1) is 76.2 Å². The molecule has 3 aliphatic carbocycles. The molecule has 7 aliphatic rings. The van der Waals surface area contributed by atoms with Crippen molar-refractivity contribution in [3.8, 4) is 23.0 Å². The third-order valence-electron chi connectivity index (χ3n) is 15.9. The molecule has 4 aliphatic heterocycles. The Morgan fingerprint density at radius 1 is 0.380 bits per heavy atom. The Morgan fingerprint density at radius 3 is 1.07 bits per heavy atom. The number of benzene rings is 4. The molecule has 17 heteroatoms. The summed E-state index contributed by atoms with van der Waals surface area (Å²) >= 11 is 0. The van der Waals surface area contributed by atoms with E-state index in [1.54, 1.807) is 24.3 Å². The van der Waals surface area contributed by atoms with Crippen molar-refractivity contribution >= 4 is 76.3 Å². The topological polar surface area (TPSA) is 211 Å². The molecular formula is C54H48N4O13. The molecule has 8 amide bonds. The summed E-state index contributed by atoms with van der Waals surface area (Å²) in [4.78, 5) is 139. The van der Waals surface area contributed by atoms with Gasteiger partial charge in [-0.3, -0.25) is 67.5 Å². The van der Waals surface area contributed by atoms with Crippen molar-refractivity contribution in [3.63, 3.8) is 0 Å². The molecule has 10 unspecified atom stereocenters. The van der Waals surface area contributed by atoms with E-state index >= 15 is 0 Å². The fourth-order valence-electron chi connectivity index (χ4n) is 12.0. The smallest absolute Gasteiger partial charge is 0.314 e. The highest BCUT2D eigenvalue weighted by molar-refractivity contribution is 6.26. The van der Waals surface area contributed by atoms with E-state index in [1.165, 1.54) is 60.5 Å². The number of amides is 8. The monoisotopic (exact) mass is 960 g/mol. The lowest BCUT2D eigenvalue weighted by molar-refractivity contribution is -0.143. The maximum Gasteiger partial charge on any atom is 0.314 e. The number of anilines is 3. The summed E-state index contributed by atoms with van der Waals surface area (Å²) in [6, 6.07) is 26.1. The molecule has 4 aromatic carbocycles. The maximum atomic E-state index is 13.9. The zero-order valence-corrected chi connectivity index (χ0v) is 38.8. The third-order valence-corrected chi connectivity index (χ3v) is 15.9. The number of nitrogens with zero attached hydrogens (tertiary/aromatic N) is 4. The van der Waals surface area contributed by atoms with Gasteiger partial charge in [0.1, 0.15) is 23.0 Å². The number of esters is 2. The van der Waals surface area contributed by atoms with E-state index in [-0.39, 0.29) is 72.2 Å². The van der Waals surface area contributed by atoms with Crippen LogP contribution in [0.4, 0.5) is 17.1 Å². The summed E-state index contributed by atoms with van der Waals surface area (Å²) in [6.45, 7) is 1.98. The Balaban J connectivity index is 0.681. The minimum atomic E-state index is -0.832. The summed E-state index contributed by atoms with van der Waals surface area (Å²) in [5.41, 5.74) is 2.02. The van der Waals surface area contributed by atoms with E-state index in [9.17, 15) is 47.9 Å². The van der Waals surface area contributed by atoms with Gasteiger partial charge in [-0.05, 0) is 143 Å². The van der Waals surface area contributed by atoms with Gasteiger partial charge in [0.25, 0.3) is 0 Å². The van der Waals surface area contributed by atoms with Crippen LogP contribution in [-0.2, 0) is 47.9 Å². The largest absolute Gasteiger partial charge is 0.457 e. The zero-order chi connectivity index (χ0) is 49.6. The lowest BCUT2D eigenvalue weighted by Gasteiger charge is -2.28. The summed E-state index contributed by atoms with van der Waals surface area (Å²) in [5, 5.41) is 0. The fourth-order valence-corrected chi connectivity index (χ4v) is 12.0. The summed E-state index contributed by atoms with van der Waals surface area (Å²) < 4.78 is 17.2. The molecule has 17 nitrogen and oxygen atoms in total. The van der Waals surface area contributed by atoms with E-state index < -0.39 is 94.7 Å². The number of fused-ring (bicyclic) bond motifs is 4. The van der Waals surface area contributed by atoms with Gasteiger partial charge < -0.3 is 14.2 Å². The van der Waals surface area contributed by atoms with Gasteiger partial charge in [0.15, 0.2) is 0 Å². The molecule has 4 saturated heterocycles. The Kier molecular flexibility index (Phi) is 11.3. The predicted octanol–water partition coefficient (Wildman–Crippen LogP) is 5.94. The highest BCUT2D eigenvalue weighted by Gasteiger charge is 2.60. The third kappa shape index (κ3) is 7.78. The number of hydrogen-bond donors (Lipinski definition) is 0. The van der Waals surface area contributed by atoms with E-state index in [2.05, 4.69) is 0 Å². The molecule has 11 rings (SSSR count). The predicted molar refractivity (Wildman–Crippen MR) is 249 cm³/mol. The summed E-state index contributed by atoms with van der Waals surface area (Å²) in [7, 11) is 1.45. The minimum absolute atomic E-state index is 0.000869. The molecule has 3 saturated carbocycles. The van der Waals surface area contributed by atoms with Gasteiger partial charge in [-0.15, -0.1) is 0 Å². The van der Waals surface area contributed by atoms with E-state index in [0.29, 0.717) is 42.9 Å². The first kappa shape index (κ1) is 45.6. The van der Waals surface area contributed by atoms with Gasteiger partial charge in [-0.2, -0.15) is 0 Å². The molecule has 0 bridgehead atoms. The fraction of sp³-hybridized carbons (Fsp3) is 0.370. The van der Waals surface area contributed by atoms with Crippen LogP contribution in [0.25, 0.3) is 0 Å². The van der Waals surface area contributed by atoms with Crippen molar-refractivity contribution in [2.45, 2.75) is 58.3 Å². The maximum absolute atomic E-state index is 13.9. The Morgan fingerprint density at radius 2 is 0.676 bits per heavy atom. The second kappa shape index (κ2) is 17.5. The Labute approximate surface area is 407 Å². The van der Waals surface area contributed by atoms with E-state index in [0.717, 1.165) is 20.3 Å². The highest BCUT2D eigenvalue weighted by atomic mass is 16.5. The molecule has 4 heterocycles. The molecule has 4 aromatic rings. The van der Waals surface area contributed by atoms with Crippen LogP contribution in [0, 0.1) is 66.1 Å². The van der Waals surface area contributed by atoms with Crippen LogP contribution >= 0.6 is 0 Å². The number of aryl methyl sites for hydroxylation is 1. The van der Waals surface area contributed by atoms with Gasteiger partial charge in [0.2, 0.25) is 47.3 Å². The van der Waals surface area contributed by atoms with Crippen LogP contribution in [0.3, 0.4) is 0 Å². The van der Waals surface area contributed by atoms with Crippen LogP contribution in [0.5, 0.6) is 23.0 Å². The van der Waals surface area contributed by atoms with Crippen LogP contribution in [0.2, 0.25) is 0 Å². The minimum Gasteiger partial charge on any atom is -0.457 e. The Bertz CT molecular complexity index is 2910. The normalized spacial score (nSPS) is 29.0. The molecule has 10 atom stereocenters. The van der Waals surface area contributed by atoms with E-state index in [4.69, 9.17) is 14.2 Å². The van der Waals surface area contributed by atoms with Crippen LogP contribution < -0.4 is 28.9 Å². The van der Waals surface area contributed by atoms with Crippen molar-refractivity contribution < 1.29 is 62.2 Å². The first-order valence-corrected chi connectivity index (χ1v) is 24.1. The molecule has 0 radical (unpaired) electrons. The average molecular weight is 961 g/mol. The van der Waals surface area contributed by atoms with Gasteiger partial charge in [-0.1, -0.05) is 17.7 Å². The second-order valence-electron chi connectivity index (χ2n) is 19.9. The molecule has 0 spiro atoms. The SMILES string of the molecule is Cc1ccc(Oc2ccc(N3C(=O)C4CCC(C(=O)Oc5ccc(N6C(=O)C7CC8C(=O)N(c9ccc(OC(=O)C%10CCC%11C(=O)N(C)C(=O)C%11C%10)cc9)C(=O)C8CC7C6=O)cc5)CC4C3=O)cc2)cc1. The number of imide groups is 4. The molecule has 362 valence electrons. The number of likely N-dealkylation sites (tertiary alicyclic amines) is 1. The van der Waals surface area contributed by atoms with Crippen molar-refractivity contribution in [3.05, 3.63) is 103 Å². The Hall–Kier alpha value is -7.82. The molecule has 0 N–H and O–H groups in total. The van der Waals surface area contributed by atoms with Crippen LogP contribution in [0.15, 0.2) is 97.1 Å². The quantitative estimate of drug-likeness (QED) is 0.108. The number of ether oxygens (including phenoxy) is 3. The number of rotatable bonds is 9. The van der Waals surface area contributed by atoms with Gasteiger partial charge >= 0.3 is 11.9 Å². The zero-order valence-electron chi connectivity index (χ0n) is 38.8. The molecule has 71 heavy (non-hydrogen) atoms.